The summed E-state index contributed by atoms with van der Waals surface area (Å²) in [6.45, 7) is 4.11. The lowest BCUT2D eigenvalue weighted by Crippen LogP contribution is -2.06. The van der Waals surface area contributed by atoms with Crippen LogP contribution in [0.2, 0.25) is 0 Å². The van der Waals surface area contributed by atoms with Gasteiger partial charge in [-0.15, -0.1) is 0 Å². The first kappa shape index (κ1) is 14.4. The Morgan fingerprint density at radius 1 is 1.18 bits per heavy atom. The highest BCUT2D eigenvalue weighted by molar-refractivity contribution is 6.16. The van der Waals surface area contributed by atoms with Gasteiger partial charge in [0, 0.05) is 28.9 Å². The van der Waals surface area contributed by atoms with E-state index in [0.29, 0.717) is 12.2 Å². The second kappa shape index (κ2) is 5.37. The first-order valence-corrected chi connectivity index (χ1v) is 7.32. The molecule has 0 aliphatic rings. The Kier molecular flexibility index (Phi) is 3.53. The van der Waals surface area contributed by atoms with Gasteiger partial charge in [0.15, 0.2) is 0 Å². The fourth-order valence-corrected chi connectivity index (χ4v) is 3.04. The quantitative estimate of drug-likeness (QED) is 0.690. The Bertz CT molecular complexity index is 877. The topological polar surface area (TPSA) is 40.5 Å². The van der Waals surface area contributed by atoms with Gasteiger partial charge in [-0.05, 0) is 19.9 Å². The zero-order valence-corrected chi connectivity index (χ0v) is 13.3. The smallest absolute Gasteiger partial charge is 0.340 e. The average molecular weight is 297 g/mol. The molecule has 0 amide bonds. The molecule has 0 saturated carbocycles. The number of methoxy groups -OCH3 is 1. The first-order chi connectivity index (χ1) is 10.6. The van der Waals surface area contributed by atoms with Crippen molar-refractivity contribution >= 4 is 27.6 Å². The normalized spacial score (nSPS) is 11.1. The minimum absolute atomic E-state index is 0.289. The van der Waals surface area contributed by atoms with E-state index < -0.39 is 0 Å². The molecule has 3 rings (SSSR count). The second-order valence-corrected chi connectivity index (χ2v) is 5.26. The highest BCUT2D eigenvalue weighted by Crippen LogP contribution is 2.37. The van der Waals surface area contributed by atoms with Crippen LogP contribution in [0.1, 0.15) is 23.0 Å². The molecule has 0 bridgehead atoms. The van der Waals surface area contributed by atoms with Crippen molar-refractivity contribution in [3.63, 3.8) is 0 Å². The lowest BCUT2D eigenvalue weighted by Gasteiger charge is -2.08. The van der Waals surface area contributed by atoms with Gasteiger partial charge in [0.1, 0.15) is 5.75 Å². The molecule has 0 atom stereocenters. The summed E-state index contributed by atoms with van der Waals surface area (Å²) >= 11 is 0. The number of aryl methyl sites for hydroxylation is 1. The third kappa shape index (κ3) is 1.95. The molecule has 1 aromatic heterocycles. The van der Waals surface area contributed by atoms with E-state index in [4.69, 9.17) is 9.47 Å². The number of hydrogen-bond donors (Lipinski definition) is 0. The molecule has 1 heterocycles. The Morgan fingerprint density at radius 3 is 2.50 bits per heavy atom. The van der Waals surface area contributed by atoms with Crippen LogP contribution in [0.3, 0.4) is 0 Å². The van der Waals surface area contributed by atoms with Crippen molar-refractivity contribution in [2.45, 2.75) is 13.8 Å². The molecule has 22 heavy (non-hydrogen) atoms. The van der Waals surface area contributed by atoms with Crippen LogP contribution in [-0.4, -0.2) is 24.3 Å². The van der Waals surface area contributed by atoms with Crippen LogP contribution in [0.4, 0.5) is 0 Å². The van der Waals surface area contributed by atoms with Gasteiger partial charge in [0.05, 0.1) is 24.8 Å². The Balaban J connectivity index is 2.47. The van der Waals surface area contributed by atoms with Crippen molar-refractivity contribution in [3.05, 3.63) is 41.6 Å². The van der Waals surface area contributed by atoms with Gasteiger partial charge in [0.2, 0.25) is 0 Å². The molecule has 0 radical (unpaired) electrons. The molecule has 0 aliphatic carbocycles. The molecule has 4 heteroatoms. The van der Waals surface area contributed by atoms with Gasteiger partial charge in [-0.25, -0.2) is 4.79 Å². The molecule has 0 N–H and O–H groups in total. The maximum atomic E-state index is 12.4. The number of ether oxygens (including phenoxy) is 2. The third-order valence-electron chi connectivity index (χ3n) is 4.15. The van der Waals surface area contributed by atoms with Gasteiger partial charge < -0.3 is 14.0 Å². The summed E-state index contributed by atoms with van der Waals surface area (Å²) in [5.74, 6) is 0.474. The van der Waals surface area contributed by atoms with Gasteiger partial charge in [0.25, 0.3) is 0 Å². The number of benzene rings is 2. The van der Waals surface area contributed by atoms with E-state index in [2.05, 4.69) is 6.07 Å². The standard InChI is InChI=1S/C18H19NO3/c1-5-22-18(20)16-11(2)19(3)17-13-9-7-6-8-12(13)15(21-4)10-14(16)17/h6-10H,5H2,1-4H3. The van der Waals surface area contributed by atoms with Crippen molar-refractivity contribution in [2.75, 3.05) is 13.7 Å². The molecule has 0 fully saturated rings. The summed E-state index contributed by atoms with van der Waals surface area (Å²) in [7, 11) is 3.62. The molecule has 4 nitrogen and oxygen atoms in total. The summed E-state index contributed by atoms with van der Waals surface area (Å²) < 4.78 is 12.8. The van der Waals surface area contributed by atoms with Gasteiger partial charge >= 0.3 is 5.97 Å². The Morgan fingerprint density at radius 2 is 1.86 bits per heavy atom. The summed E-state index contributed by atoms with van der Waals surface area (Å²) in [4.78, 5) is 12.4. The van der Waals surface area contributed by atoms with Crippen LogP contribution in [0, 0.1) is 6.92 Å². The minimum Gasteiger partial charge on any atom is -0.496 e. The van der Waals surface area contributed by atoms with Crippen molar-refractivity contribution in [2.24, 2.45) is 7.05 Å². The largest absolute Gasteiger partial charge is 0.496 e. The van der Waals surface area contributed by atoms with Crippen LogP contribution >= 0.6 is 0 Å². The van der Waals surface area contributed by atoms with Crippen molar-refractivity contribution in [1.82, 2.24) is 4.57 Å². The molecular formula is C18H19NO3. The number of esters is 1. The molecule has 0 aliphatic heterocycles. The highest BCUT2D eigenvalue weighted by atomic mass is 16.5. The van der Waals surface area contributed by atoms with Crippen LogP contribution in [0.15, 0.2) is 30.3 Å². The van der Waals surface area contributed by atoms with E-state index in [9.17, 15) is 4.79 Å². The highest BCUT2D eigenvalue weighted by Gasteiger charge is 2.22. The van der Waals surface area contributed by atoms with Gasteiger partial charge in [-0.3, -0.25) is 0 Å². The SMILES string of the molecule is CCOC(=O)c1c(C)n(C)c2c1cc(OC)c1ccccc12. The fraction of sp³-hybridized carbons (Fsp3) is 0.278. The zero-order chi connectivity index (χ0) is 15.9. The molecule has 0 spiro atoms. The van der Waals surface area contributed by atoms with E-state index in [1.807, 2.05) is 49.7 Å². The molecule has 0 unspecified atom stereocenters. The minimum atomic E-state index is -0.289. The third-order valence-corrected chi connectivity index (χ3v) is 4.15. The Labute approximate surface area is 129 Å². The van der Waals surface area contributed by atoms with Crippen LogP contribution in [-0.2, 0) is 11.8 Å². The maximum absolute atomic E-state index is 12.4. The first-order valence-electron chi connectivity index (χ1n) is 7.32. The van der Waals surface area contributed by atoms with Crippen LogP contribution in [0.25, 0.3) is 21.7 Å². The van der Waals surface area contributed by atoms with Crippen molar-refractivity contribution < 1.29 is 14.3 Å². The molecule has 2 aromatic carbocycles. The second-order valence-electron chi connectivity index (χ2n) is 5.26. The molecule has 114 valence electrons. The summed E-state index contributed by atoms with van der Waals surface area (Å²) in [6.07, 6.45) is 0. The van der Waals surface area contributed by atoms with E-state index in [0.717, 1.165) is 33.1 Å². The van der Waals surface area contributed by atoms with E-state index in [-0.39, 0.29) is 5.97 Å². The lowest BCUT2D eigenvalue weighted by molar-refractivity contribution is 0.0527. The summed E-state index contributed by atoms with van der Waals surface area (Å²) in [5, 5.41) is 2.97. The maximum Gasteiger partial charge on any atom is 0.340 e. The average Bonchev–Trinajstić information content (AvgIpc) is 2.78. The number of rotatable bonds is 3. The number of aromatic nitrogens is 1. The number of carbonyl (C=O) groups is 1. The number of nitrogens with zero attached hydrogens (tertiary/aromatic N) is 1. The van der Waals surface area contributed by atoms with E-state index >= 15 is 0 Å². The van der Waals surface area contributed by atoms with Crippen LogP contribution < -0.4 is 4.74 Å². The van der Waals surface area contributed by atoms with Crippen molar-refractivity contribution in [1.29, 1.82) is 0 Å². The predicted octanol–water partition coefficient (Wildman–Crippen LogP) is 3.83. The zero-order valence-electron chi connectivity index (χ0n) is 13.3. The number of hydrogen-bond acceptors (Lipinski definition) is 3. The van der Waals surface area contributed by atoms with Gasteiger partial charge in [-0.2, -0.15) is 0 Å². The van der Waals surface area contributed by atoms with Crippen LogP contribution in [0.5, 0.6) is 5.75 Å². The lowest BCUT2D eigenvalue weighted by atomic mass is 10.0. The molecule has 0 saturated heterocycles. The van der Waals surface area contributed by atoms with E-state index in [1.165, 1.54) is 0 Å². The summed E-state index contributed by atoms with van der Waals surface area (Å²) in [5.41, 5.74) is 2.53. The fourth-order valence-electron chi connectivity index (χ4n) is 3.04. The predicted molar refractivity (Wildman–Crippen MR) is 87.7 cm³/mol. The van der Waals surface area contributed by atoms with E-state index in [1.54, 1.807) is 7.11 Å². The number of carbonyl (C=O) groups excluding carboxylic acids is 1. The summed E-state index contributed by atoms with van der Waals surface area (Å²) in [6, 6.07) is 9.98. The number of fused-ring (bicyclic) bond motifs is 3. The Hall–Kier alpha value is -2.49. The molecule has 3 aromatic rings. The van der Waals surface area contributed by atoms with Crippen molar-refractivity contribution in [3.8, 4) is 5.75 Å². The monoisotopic (exact) mass is 297 g/mol. The molecular weight excluding hydrogens is 278 g/mol. The van der Waals surface area contributed by atoms with Gasteiger partial charge in [-0.1, -0.05) is 24.3 Å².